The van der Waals surface area contributed by atoms with Gasteiger partial charge in [0.1, 0.15) is 12.6 Å². The number of carbonyl (C=O) groups is 2. The van der Waals surface area contributed by atoms with Crippen LogP contribution in [0.25, 0.3) is 0 Å². The Bertz CT molecular complexity index is 1400. The third kappa shape index (κ3) is 6.42. The quantitative estimate of drug-likeness (QED) is 0.409. The summed E-state index contributed by atoms with van der Waals surface area (Å²) in [5, 5.41) is 2.78. The van der Waals surface area contributed by atoms with E-state index < -0.39 is 28.5 Å². The van der Waals surface area contributed by atoms with Crippen LogP contribution in [-0.2, 0) is 26.2 Å². The van der Waals surface area contributed by atoms with Gasteiger partial charge in [0.05, 0.1) is 10.6 Å². The predicted molar refractivity (Wildman–Crippen MR) is 152 cm³/mol. The molecule has 1 N–H and O–H groups in total. The molecule has 0 saturated carbocycles. The number of hydrogen-bond donors (Lipinski definition) is 1. The van der Waals surface area contributed by atoms with Gasteiger partial charge in [-0.1, -0.05) is 54.1 Å². The Morgan fingerprint density at radius 1 is 0.868 bits per heavy atom. The highest BCUT2D eigenvalue weighted by atomic mass is 32.2. The van der Waals surface area contributed by atoms with Crippen LogP contribution in [0.1, 0.15) is 41.7 Å². The average Bonchev–Trinajstić information content (AvgIpc) is 2.88. The highest BCUT2D eigenvalue weighted by Gasteiger charge is 2.33. The molecule has 202 valence electrons. The Kier molecular flexibility index (Phi) is 9.33. The average molecular weight is 536 g/mol. The van der Waals surface area contributed by atoms with Gasteiger partial charge in [-0.2, -0.15) is 0 Å². The Hall–Kier alpha value is -3.65. The van der Waals surface area contributed by atoms with Gasteiger partial charge in [-0.05, 0) is 82.0 Å². The zero-order valence-corrected chi connectivity index (χ0v) is 23.8. The van der Waals surface area contributed by atoms with Gasteiger partial charge in [-0.25, -0.2) is 8.42 Å². The smallest absolute Gasteiger partial charge is 0.264 e. The molecule has 8 heteroatoms. The number of anilines is 1. The zero-order chi connectivity index (χ0) is 28.0. The molecule has 0 bridgehead atoms. The molecule has 0 spiro atoms. The Morgan fingerprint density at radius 2 is 1.50 bits per heavy atom. The summed E-state index contributed by atoms with van der Waals surface area (Å²) in [5.74, 6) is -0.766. The van der Waals surface area contributed by atoms with Crippen molar-refractivity contribution >= 4 is 27.5 Å². The normalized spacial score (nSPS) is 12.1. The predicted octanol–water partition coefficient (Wildman–Crippen LogP) is 4.67. The van der Waals surface area contributed by atoms with Crippen molar-refractivity contribution in [2.75, 3.05) is 17.4 Å². The minimum absolute atomic E-state index is 0.0963. The van der Waals surface area contributed by atoms with Crippen LogP contribution < -0.4 is 9.62 Å². The topological polar surface area (TPSA) is 86.8 Å². The fourth-order valence-electron chi connectivity index (χ4n) is 4.23. The zero-order valence-electron chi connectivity index (χ0n) is 23.0. The second kappa shape index (κ2) is 12.3. The maximum Gasteiger partial charge on any atom is 0.264 e. The molecule has 0 fully saturated rings. The summed E-state index contributed by atoms with van der Waals surface area (Å²) in [7, 11) is -4.09. The van der Waals surface area contributed by atoms with Gasteiger partial charge < -0.3 is 10.2 Å². The molecule has 3 aromatic carbocycles. The summed E-state index contributed by atoms with van der Waals surface area (Å²) in [5.41, 5.74) is 4.90. The van der Waals surface area contributed by atoms with Gasteiger partial charge >= 0.3 is 0 Å². The van der Waals surface area contributed by atoms with E-state index in [-0.39, 0.29) is 17.3 Å². The van der Waals surface area contributed by atoms with Crippen molar-refractivity contribution in [3.05, 3.63) is 94.5 Å². The van der Waals surface area contributed by atoms with Crippen LogP contribution >= 0.6 is 0 Å². The number of nitrogens with one attached hydrogen (secondary N) is 1. The van der Waals surface area contributed by atoms with Crippen LogP contribution in [-0.4, -0.2) is 44.3 Å². The van der Waals surface area contributed by atoms with Crippen LogP contribution in [0.15, 0.2) is 71.6 Å². The van der Waals surface area contributed by atoms with Crippen molar-refractivity contribution < 1.29 is 18.0 Å². The van der Waals surface area contributed by atoms with Crippen LogP contribution in [0, 0.1) is 27.7 Å². The van der Waals surface area contributed by atoms with E-state index in [1.807, 2.05) is 65.0 Å². The molecule has 0 radical (unpaired) electrons. The lowest BCUT2D eigenvalue weighted by Crippen LogP contribution is -2.51. The molecular weight excluding hydrogens is 498 g/mol. The molecule has 1 atom stereocenters. The summed E-state index contributed by atoms with van der Waals surface area (Å²) in [6.45, 7) is 11.2. The largest absolute Gasteiger partial charge is 0.355 e. The van der Waals surface area contributed by atoms with E-state index in [4.69, 9.17) is 0 Å². The molecule has 1 unspecified atom stereocenters. The lowest BCUT2D eigenvalue weighted by Gasteiger charge is -2.33. The van der Waals surface area contributed by atoms with Gasteiger partial charge in [0.2, 0.25) is 11.8 Å². The van der Waals surface area contributed by atoms with Crippen LogP contribution in [0.4, 0.5) is 5.69 Å². The van der Waals surface area contributed by atoms with Crippen molar-refractivity contribution in [1.29, 1.82) is 0 Å². The number of carbonyl (C=O) groups excluding carboxylic acids is 2. The lowest BCUT2D eigenvalue weighted by molar-refractivity contribution is -0.139. The fourth-order valence-corrected chi connectivity index (χ4v) is 5.70. The highest BCUT2D eigenvalue weighted by Crippen LogP contribution is 2.29. The molecule has 3 aromatic rings. The molecule has 3 rings (SSSR count). The standard InChI is InChI=1S/C30H37N3O4S/c1-7-31-30(35)25(6)32(19-26-13-9-8-11-23(26)4)29(34)20-33(28-14-10-12-22(3)24(28)5)38(36,37)27-17-15-21(2)16-18-27/h8-18,25H,7,19-20H2,1-6H3,(H,31,35). The number of likely N-dealkylation sites (N-methyl/N-ethyl adjacent to an activating group) is 1. The van der Waals surface area contributed by atoms with Crippen LogP contribution in [0.2, 0.25) is 0 Å². The summed E-state index contributed by atoms with van der Waals surface area (Å²) >= 11 is 0. The SMILES string of the molecule is CCNC(=O)C(C)N(Cc1ccccc1C)C(=O)CN(c1cccc(C)c1C)S(=O)(=O)c1ccc(C)cc1. The summed E-state index contributed by atoms with van der Waals surface area (Å²) in [6.07, 6.45) is 0. The minimum atomic E-state index is -4.09. The molecule has 0 aliphatic carbocycles. The molecule has 0 aliphatic heterocycles. The number of hydrogen-bond acceptors (Lipinski definition) is 4. The monoisotopic (exact) mass is 535 g/mol. The Labute approximate surface area is 226 Å². The van der Waals surface area contributed by atoms with Gasteiger partial charge in [0.15, 0.2) is 0 Å². The third-order valence-electron chi connectivity index (χ3n) is 6.85. The number of aryl methyl sites for hydroxylation is 3. The summed E-state index contributed by atoms with van der Waals surface area (Å²) < 4.78 is 29.1. The van der Waals surface area contributed by atoms with Crippen molar-refractivity contribution in [3.63, 3.8) is 0 Å². The first-order valence-corrected chi connectivity index (χ1v) is 14.2. The van der Waals surface area contributed by atoms with E-state index in [9.17, 15) is 18.0 Å². The third-order valence-corrected chi connectivity index (χ3v) is 8.63. The summed E-state index contributed by atoms with van der Waals surface area (Å²) in [6, 6.07) is 18.8. The van der Waals surface area contributed by atoms with E-state index in [0.717, 1.165) is 32.1 Å². The molecule has 7 nitrogen and oxygen atoms in total. The van der Waals surface area contributed by atoms with Gasteiger partial charge in [-0.15, -0.1) is 0 Å². The van der Waals surface area contributed by atoms with Crippen molar-refractivity contribution in [2.24, 2.45) is 0 Å². The van der Waals surface area contributed by atoms with Crippen LogP contribution in [0.3, 0.4) is 0 Å². The molecule has 2 amide bonds. The maximum atomic E-state index is 14.0. The van der Waals surface area contributed by atoms with Crippen molar-refractivity contribution in [2.45, 2.75) is 59.0 Å². The van der Waals surface area contributed by atoms with E-state index in [0.29, 0.717) is 12.2 Å². The number of amides is 2. The molecule has 0 aromatic heterocycles. The van der Waals surface area contributed by atoms with E-state index in [1.54, 1.807) is 43.3 Å². The second-order valence-corrected chi connectivity index (χ2v) is 11.4. The Balaban J connectivity index is 2.09. The van der Waals surface area contributed by atoms with Gasteiger partial charge in [-0.3, -0.25) is 13.9 Å². The Morgan fingerprint density at radius 3 is 2.13 bits per heavy atom. The van der Waals surface area contributed by atoms with Crippen molar-refractivity contribution in [3.8, 4) is 0 Å². The van der Waals surface area contributed by atoms with Gasteiger partial charge in [0, 0.05) is 13.1 Å². The number of benzene rings is 3. The molecule has 0 saturated heterocycles. The lowest BCUT2D eigenvalue weighted by atomic mass is 10.1. The van der Waals surface area contributed by atoms with E-state index >= 15 is 0 Å². The second-order valence-electron chi connectivity index (χ2n) is 9.56. The number of rotatable bonds is 10. The first-order valence-electron chi connectivity index (χ1n) is 12.7. The molecular formula is C30H37N3O4S. The molecule has 0 aliphatic rings. The first kappa shape index (κ1) is 28.9. The molecule has 38 heavy (non-hydrogen) atoms. The first-order chi connectivity index (χ1) is 18.0. The highest BCUT2D eigenvalue weighted by molar-refractivity contribution is 7.92. The van der Waals surface area contributed by atoms with Gasteiger partial charge in [0.25, 0.3) is 10.0 Å². The van der Waals surface area contributed by atoms with Crippen molar-refractivity contribution in [1.82, 2.24) is 10.2 Å². The maximum absolute atomic E-state index is 14.0. The van der Waals surface area contributed by atoms with E-state index in [2.05, 4.69) is 5.32 Å². The number of nitrogens with zero attached hydrogens (tertiary/aromatic N) is 2. The van der Waals surface area contributed by atoms with E-state index in [1.165, 1.54) is 4.90 Å². The van der Waals surface area contributed by atoms with Crippen LogP contribution in [0.5, 0.6) is 0 Å². The number of sulfonamides is 1. The molecule has 0 heterocycles. The fraction of sp³-hybridized carbons (Fsp3) is 0.333. The minimum Gasteiger partial charge on any atom is -0.355 e. The summed E-state index contributed by atoms with van der Waals surface area (Å²) in [4.78, 5) is 28.3.